The van der Waals surface area contributed by atoms with Gasteiger partial charge in [-0.25, -0.2) is 9.48 Å². The molecule has 31 heavy (non-hydrogen) atoms. The lowest BCUT2D eigenvalue weighted by atomic mass is 10.1. The number of halogens is 2. The molecule has 1 heterocycles. The smallest absolute Gasteiger partial charge is 0.387 e. The van der Waals surface area contributed by atoms with Gasteiger partial charge in [0.2, 0.25) is 0 Å². The van der Waals surface area contributed by atoms with Crippen LogP contribution < -0.4 is 5.56 Å². The van der Waals surface area contributed by atoms with Crippen molar-refractivity contribution < 1.29 is 28.2 Å². The largest absolute Gasteiger partial charge is 0.501 e. The van der Waals surface area contributed by atoms with Crippen molar-refractivity contribution in [3.05, 3.63) is 93.3 Å². The van der Waals surface area contributed by atoms with E-state index in [2.05, 4.69) is 9.84 Å². The van der Waals surface area contributed by atoms with Crippen LogP contribution in [0.2, 0.25) is 0 Å². The molecular weight excluding hydrogens is 410 g/mol. The second-order valence-corrected chi connectivity index (χ2v) is 6.66. The average Bonchev–Trinajstić information content (AvgIpc) is 2.95. The molecule has 1 aromatic heterocycles. The Hall–Kier alpha value is -3.75. The zero-order valence-corrected chi connectivity index (χ0v) is 16.6. The second kappa shape index (κ2) is 9.84. The van der Waals surface area contributed by atoms with Crippen molar-refractivity contribution in [3.63, 3.8) is 0 Å². The van der Waals surface area contributed by atoms with E-state index in [4.69, 9.17) is 9.84 Å². The number of carboxylic acid groups (broad SMARTS) is 1. The molecular formula is C22H20F2N2O5. The summed E-state index contributed by atoms with van der Waals surface area (Å²) in [6, 6.07) is 9.27. The van der Waals surface area contributed by atoms with Crippen molar-refractivity contribution in [2.45, 2.75) is 26.0 Å². The Morgan fingerprint density at radius 3 is 2.74 bits per heavy atom. The molecule has 1 aliphatic carbocycles. The topological polar surface area (TPSA) is 90.7 Å². The monoisotopic (exact) mass is 430 g/mol. The molecule has 1 aromatic carbocycles. The summed E-state index contributed by atoms with van der Waals surface area (Å²) in [7, 11) is 1.43. The van der Waals surface area contributed by atoms with Crippen LogP contribution in [0.1, 0.15) is 28.0 Å². The summed E-state index contributed by atoms with van der Waals surface area (Å²) < 4.78 is 36.4. The summed E-state index contributed by atoms with van der Waals surface area (Å²) >= 11 is 0. The van der Waals surface area contributed by atoms with E-state index >= 15 is 0 Å². The highest BCUT2D eigenvalue weighted by Crippen LogP contribution is 2.25. The predicted molar refractivity (Wildman–Crippen MR) is 108 cm³/mol. The van der Waals surface area contributed by atoms with Gasteiger partial charge in [-0.1, -0.05) is 12.1 Å². The highest BCUT2D eigenvalue weighted by Gasteiger charge is 2.15. The van der Waals surface area contributed by atoms with Gasteiger partial charge in [0.25, 0.3) is 5.56 Å². The number of benzene rings is 1. The van der Waals surface area contributed by atoms with Crippen LogP contribution in [-0.4, -0.2) is 34.6 Å². The first kappa shape index (κ1) is 21.9. The lowest BCUT2D eigenvalue weighted by molar-refractivity contribution is -0.0982. The first-order chi connectivity index (χ1) is 14.9. The quantitative estimate of drug-likeness (QED) is 0.688. The number of aromatic nitrogens is 2. The van der Waals surface area contributed by atoms with E-state index in [1.807, 2.05) is 0 Å². The Balaban J connectivity index is 1.86. The number of methoxy groups -OCH3 is 1. The maximum absolute atomic E-state index is 12.7. The van der Waals surface area contributed by atoms with Crippen LogP contribution in [0.4, 0.5) is 8.78 Å². The van der Waals surface area contributed by atoms with Crippen molar-refractivity contribution in [3.8, 4) is 0 Å². The van der Waals surface area contributed by atoms with Crippen LogP contribution in [0.25, 0.3) is 5.57 Å². The van der Waals surface area contributed by atoms with Crippen LogP contribution in [0.3, 0.4) is 0 Å². The molecule has 0 saturated carbocycles. The number of aryl methyl sites for hydroxylation is 2. The van der Waals surface area contributed by atoms with Gasteiger partial charge in [-0.2, -0.15) is 13.9 Å². The van der Waals surface area contributed by atoms with E-state index in [9.17, 15) is 18.4 Å². The third kappa shape index (κ3) is 5.88. The van der Waals surface area contributed by atoms with Crippen molar-refractivity contribution in [2.75, 3.05) is 7.11 Å². The lowest BCUT2D eigenvalue weighted by Crippen LogP contribution is -2.24. The molecule has 0 spiro atoms. The van der Waals surface area contributed by atoms with Crippen LogP contribution in [0, 0.1) is 0 Å². The number of carboxylic acids is 1. The van der Waals surface area contributed by atoms with Crippen LogP contribution >= 0.6 is 0 Å². The Morgan fingerprint density at radius 1 is 1.23 bits per heavy atom. The molecule has 0 bridgehead atoms. The number of aromatic carboxylic acids is 1. The van der Waals surface area contributed by atoms with Gasteiger partial charge in [0.15, 0.2) is 0 Å². The molecule has 0 amide bonds. The fourth-order valence-corrected chi connectivity index (χ4v) is 3.03. The number of hydrogen-bond donors (Lipinski definition) is 1. The van der Waals surface area contributed by atoms with E-state index in [-0.39, 0.29) is 29.8 Å². The second-order valence-electron chi connectivity index (χ2n) is 6.66. The SMILES string of the molecule is COC1=CC=C(c2ccc(=O)n(CCc3cccc(C(=O)O)c3)n2)C=C(OC(F)F)C1. The van der Waals surface area contributed by atoms with Crippen molar-refractivity contribution in [1.29, 1.82) is 0 Å². The molecule has 9 heteroatoms. The van der Waals surface area contributed by atoms with E-state index in [1.54, 1.807) is 30.4 Å². The maximum Gasteiger partial charge on any atom is 0.387 e. The van der Waals surface area contributed by atoms with Gasteiger partial charge >= 0.3 is 12.6 Å². The molecule has 1 N–H and O–H groups in total. The van der Waals surface area contributed by atoms with Gasteiger partial charge in [0, 0.05) is 18.2 Å². The number of ether oxygens (including phenoxy) is 2. The highest BCUT2D eigenvalue weighted by molar-refractivity contribution is 5.87. The zero-order valence-electron chi connectivity index (χ0n) is 16.6. The number of alkyl halides is 2. The molecule has 0 saturated heterocycles. The minimum absolute atomic E-state index is 0.0110. The van der Waals surface area contributed by atoms with Crippen molar-refractivity contribution in [1.82, 2.24) is 9.78 Å². The average molecular weight is 430 g/mol. The van der Waals surface area contributed by atoms with E-state index in [0.717, 1.165) is 5.56 Å². The molecule has 162 valence electrons. The Labute approximate surface area is 176 Å². The van der Waals surface area contributed by atoms with Gasteiger partial charge in [0.1, 0.15) is 11.5 Å². The molecule has 1 aliphatic rings. The van der Waals surface area contributed by atoms with Gasteiger partial charge < -0.3 is 14.6 Å². The van der Waals surface area contributed by atoms with E-state index in [0.29, 0.717) is 23.4 Å². The van der Waals surface area contributed by atoms with Gasteiger partial charge in [0.05, 0.1) is 24.8 Å². The number of rotatable bonds is 8. The number of allylic oxidation sites excluding steroid dienone is 4. The molecule has 3 rings (SSSR count). The first-order valence-electron chi connectivity index (χ1n) is 9.36. The third-order valence-electron chi connectivity index (χ3n) is 4.56. The van der Waals surface area contributed by atoms with Crippen LogP contribution in [-0.2, 0) is 22.4 Å². The molecule has 0 radical (unpaired) electrons. The summed E-state index contributed by atoms with van der Waals surface area (Å²) in [6.07, 6.45) is 5.15. The lowest BCUT2D eigenvalue weighted by Gasteiger charge is -2.11. The Kier molecular flexibility index (Phi) is 6.96. The number of hydrogen-bond acceptors (Lipinski definition) is 5. The van der Waals surface area contributed by atoms with Gasteiger partial charge in [-0.3, -0.25) is 4.79 Å². The molecule has 0 aliphatic heterocycles. The molecule has 2 aromatic rings. The zero-order chi connectivity index (χ0) is 22.4. The third-order valence-corrected chi connectivity index (χ3v) is 4.56. The summed E-state index contributed by atoms with van der Waals surface area (Å²) in [5.41, 5.74) is 1.43. The summed E-state index contributed by atoms with van der Waals surface area (Å²) in [6.45, 7) is -2.76. The number of carbonyl (C=O) groups is 1. The van der Waals surface area contributed by atoms with E-state index < -0.39 is 12.6 Å². The maximum atomic E-state index is 12.7. The minimum atomic E-state index is -2.98. The standard InChI is InChI=1S/C22H20F2N2O5/c1-30-17-6-5-15(12-18(13-17)31-22(23)24)19-7-8-20(27)26(25-19)10-9-14-3-2-4-16(11-14)21(28)29/h2-8,11-12,22H,9-10,13H2,1H3,(H,28,29). The summed E-state index contributed by atoms with van der Waals surface area (Å²) in [5, 5.41) is 13.4. The molecule has 0 fully saturated rings. The van der Waals surface area contributed by atoms with Crippen molar-refractivity contribution >= 4 is 11.5 Å². The van der Waals surface area contributed by atoms with Gasteiger partial charge in [-0.15, -0.1) is 0 Å². The molecule has 0 atom stereocenters. The highest BCUT2D eigenvalue weighted by atomic mass is 19.3. The molecule has 0 unspecified atom stereocenters. The Bertz CT molecular complexity index is 1120. The summed E-state index contributed by atoms with van der Waals surface area (Å²) in [4.78, 5) is 23.4. The fourth-order valence-electron chi connectivity index (χ4n) is 3.03. The van der Waals surface area contributed by atoms with E-state index in [1.165, 1.54) is 36.1 Å². The van der Waals surface area contributed by atoms with Crippen LogP contribution in [0.15, 0.2) is 70.9 Å². The Morgan fingerprint density at radius 2 is 2.03 bits per heavy atom. The predicted octanol–water partition coefficient (Wildman–Crippen LogP) is 3.62. The number of nitrogens with zero attached hydrogens (tertiary/aromatic N) is 2. The van der Waals surface area contributed by atoms with Gasteiger partial charge in [-0.05, 0) is 48.4 Å². The molecule has 7 nitrogen and oxygen atoms in total. The summed E-state index contributed by atoms with van der Waals surface area (Å²) in [5.74, 6) is -0.582. The minimum Gasteiger partial charge on any atom is -0.501 e. The normalized spacial score (nSPS) is 13.7. The first-order valence-corrected chi connectivity index (χ1v) is 9.36. The fraction of sp³-hybridized carbons (Fsp3) is 0.227. The van der Waals surface area contributed by atoms with Crippen LogP contribution in [0.5, 0.6) is 0 Å². The van der Waals surface area contributed by atoms with Crippen molar-refractivity contribution in [2.24, 2.45) is 0 Å².